The molecule has 0 aromatic carbocycles. The molecular formula is C16H33N3. The van der Waals surface area contributed by atoms with E-state index in [2.05, 4.69) is 50.0 Å². The largest absolute Gasteiger partial charge is 0.312 e. The Morgan fingerprint density at radius 1 is 1.26 bits per heavy atom. The van der Waals surface area contributed by atoms with Crippen LogP contribution in [0.15, 0.2) is 0 Å². The monoisotopic (exact) mass is 267 g/mol. The van der Waals surface area contributed by atoms with Crippen LogP contribution >= 0.6 is 0 Å². The van der Waals surface area contributed by atoms with E-state index in [1.54, 1.807) is 0 Å². The van der Waals surface area contributed by atoms with Crippen molar-refractivity contribution in [2.24, 2.45) is 5.41 Å². The fourth-order valence-electron chi connectivity index (χ4n) is 4.09. The zero-order valence-corrected chi connectivity index (χ0v) is 13.6. The minimum absolute atomic E-state index is 0.450. The molecule has 0 spiro atoms. The molecule has 3 atom stereocenters. The summed E-state index contributed by atoms with van der Waals surface area (Å²) in [5, 5.41) is 3.77. The maximum absolute atomic E-state index is 3.77. The number of piperidine rings is 1. The summed E-state index contributed by atoms with van der Waals surface area (Å²) in [5.74, 6) is 0. The van der Waals surface area contributed by atoms with Crippen LogP contribution in [0.1, 0.15) is 46.5 Å². The predicted molar refractivity (Wildman–Crippen MR) is 82.5 cm³/mol. The van der Waals surface area contributed by atoms with E-state index in [4.69, 9.17) is 0 Å². The summed E-state index contributed by atoms with van der Waals surface area (Å²) in [4.78, 5) is 5.19. The molecule has 112 valence electrons. The van der Waals surface area contributed by atoms with E-state index in [-0.39, 0.29) is 0 Å². The van der Waals surface area contributed by atoms with Crippen molar-refractivity contribution in [1.82, 2.24) is 15.1 Å². The first-order valence-electron chi connectivity index (χ1n) is 8.09. The van der Waals surface area contributed by atoms with Gasteiger partial charge in [-0.1, -0.05) is 20.8 Å². The van der Waals surface area contributed by atoms with Gasteiger partial charge in [0, 0.05) is 24.7 Å². The zero-order chi connectivity index (χ0) is 14.0. The molecule has 1 N–H and O–H groups in total. The van der Waals surface area contributed by atoms with Crippen LogP contribution in [0.25, 0.3) is 0 Å². The molecule has 2 fully saturated rings. The fourth-order valence-corrected chi connectivity index (χ4v) is 4.09. The molecule has 1 saturated heterocycles. The second kappa shape index (κ2) is 6.11. The summed E-state index contributed by atoms with van der Waals surface area (Å²) in [5.41, 5.74) is 0.450. The van der Waals surface area contributed by atoms with Gasteiger partial charge in [-0.05, 0) is 58.3 Å². The van der Waals surface area contributed by atoms with Crippen molar-refractivity contribution in [3.8, 4) is 0 Å². The van der Waals surface area contributed by atoms with Crippen molar-refractivity contribution in [3.05, 3.63) is 0 Å². The lowest BCUT2D eigenvalue weighted by Gasteiger charge is -2.43. The first-order chi connectivity index (χ1) is 8.95. The van der Waals surface area contributed by atoms with Gasteiger partial charge in [-0.25, -0.2) is 0 Å². The molecular weight excluding hydrogens is 234 g/mol. The van der Waals surface area contributed by atoms with Crippen molar-refractivity contribution in [1.29, 1.82) is 0 Å². The second-order valence-electron chi connectivity index (χ2n) is 7.38. The number of hydrogen-bond donors (Lipinski definition) is 1. The van der Waals surface area contributed by atoms with E-state index in [1.807, 2.05) is 0 Å². The predicted octanol–water partition coefficient (Wildman–Crippen LogP) is 2.18. The SMILES string of the molecule is CCNC1C(N2CCCC(N(C)C)C2)CCC1(C)C. The lowest BCUT2D eigenvalue weighted by Crippen LogP contribution is -2.56. The van der Waals surface area contributed by atoms with E-state index >= 15 is 0 Å². The Hall–Kier alpha value is -0.120. The minimum Gasteiger partial charge on any atom is -0.312 e. The van der Waals surface area contributed by atoms with Crippen molar-refractivity contribution < 1.29 is 0 Å². The average Bonchev–Trinajstić information content (AvgIpc) is 2.66. The van der Waals surface area contributed by atoms with Crippen LogP contribution in [0.3, 0.4) is 0 Å². The molecule has 3 unspecified atom stereocenters. The Bertz CT molecular complexity index is 288. The molecule has 1 heterocycles. The quantitative estimate of drug-likeness (QED) is 0.842. The van der Waals surface area contributed by atoms with Crippen molar-refractivity contribution >= 4 is 0 Å². The summed E-state index contributed by atoms with van der Waals surface area (Å²) >= 11 is 0. The van der Waals surface area contributed by atoms with Gasteiger partial charge in [-0.15, -0.1) is 0 Å². The van der Waals surface area contributed by atoms with Gasteiger partial charge < -0.3 is 10.2 Å². The van der Waals surface area contributed by atoms with Crippen molar-refractivity contribution in [3.63, 3.8) is 0 Å². The van der Waals surface area contributed by atoms with Gasteiger partial charge in [0.2, 0.25) is 0 Å². The maximum Gasteiger partial charge on any atom is 0.0274 e. The number of likely N-dealkylation sites (tertiary alicyclic amines) is 1. The van der Waals surface area contributed by atoms with Crippen LogP contribution in [0.2, 0.25) is 0 Å². The lowest BCUT2D eigenvalue weighted by atomic mass is 9.86. The normalized spacial score (nSPS) is 36.0. The molecule has 0 aromatic rings. The third-order valence-corrected chi connectivity index (χ3v) is 5.36. The summed E-state index contributed by atoms with van der Waals surface area (Å²) in [6.45, 7) is 10.8. The second-order valence-corrected chi connectivity index (χ2v) is 7.38. The van der Waals surface area contributed by atoms with Crippen LogP contribution < -0.4 is 5.32 Å². The highest BCUT2D eigenvalue weighted by atomic mass is 15.2. The van der Waals surface area contributed by atoms with E-state index in [0.29, 0.717) is 11.5 Å². The van der Waals surface area contributed by atoms with Crippen molar-refractivity contribution in [2.75, 3.05) is 33.7 Å². The Morgan fingerprint density at radius 2 is 2.00 bits per heavy atom. The standard InChI is InChI=1S/C16H33N3/c1-6-17-15-14(9-10-16(15,2)3)19-11-7-8-13(12-19)18(4)5/h13-15,17H,6-12H2,1-5H3. The van der Waals surface area contributed by atoms with E-state index in [0.717, 1.165) is 18.6 Å². The van der Waals surface area contributed by atoms with Crippen LogP contribution in [-0.2, 0) is 0 Å². The molecule has 1 saturated carbocycles. The molecule has 2 rings (SSSR count). The van der Waals surface area contributed by atoms with Crippen LogP contribution in [0.5, 0.6) is 0 Å². The molecule has 2 aliphatic rings. The van der Waals surface area contributed by atoms with E-state index < -0.39 is 0 Å². The van der Waals surface area contributed by atoms with Gasteiger partial charge in [-0.2, -0.15) is 0 Å². The number of nitrogens with zero attached hydrogens (tertiary/aromatic N) is 2. The molecule has 0 amide bonds. The maximum atomic E-state index is 3.77. The first-order valence-corrected chi connectivity index (χ1v) is 8.09. The van der Waals surface area contributed by atoms with Crippen LogP contribution in [-0.4, -0.2) is 61.7 Å². The lowest BCUT2D eigenvalue weighted by molar-refractivity contribution is 0.0762. The molecule has 0 radical (unpaired) electrons. The summed E-state index contributed by atoms with van der Waals surface area (Å²) in [7, 11) is 4.46. The molecule has 3 heteroatoms. The minimum atomic E-state index is 0.450. The summed E-state index contributed by atoms with van der Waals surface area (Å²) in [6, 6.07) is 2.16. The Balaban J connectivity index is 2.03. The Morgan fingerprint density at radius 3 is 2.63 bits per heavy atom. The smallest absolute Gasteiger partial charge is 0.0274 e. The third kappa shape index (κ3) is 3.32. The van der Waals surface area contributed by atoms with Gasteiger partial charge in [0.05, 0.1) is 0 Å². The fraction of sp³-hybridized carbons (Fsp3) is 1.00. The Labute approximate surface area is 119 Å². The highest BCUT2D eigenvalue weighted by molar-refractivity contribution is 5.02. The van der Waals surface area contributed by atoms with Gasteiger partial charge in [-0.3, -0.25) is 4.90 Å². The number of rotatable bonds is 4. The molecule has 3 nitrogen and oxygen atoms in total. The van der Waals surface area contributed by atoms with Gasteiger partial charge in [0.1, 0.15) is 0 Å². The van der Waals surface area contributed by atoms with Crippen LogP contribution in [0.4, 0.5) is 0 Å². The summed E-state index contributed by atoms with van der Waals surface area (Å²) < 4.78 is 0. The van der Waals surface area contributed by atoms with Crippen molar-refractivity contribution in [2.45, 2.75) is 64.6 Å². The number of likely N-dealkylation sites (N-methyl/N-ethyl adjacent to an activating group) is 2. The highest BCUT2D eigenvalue weighted by Crippen LogP contribution is 2.40. The van der Waals surface area contributed by atoms with Gasteiger partial charge in [0.15, 0.2) is 0 Å². The molecule has 0 bridgehead atoms. The molecule has 19 heavy (non-hydrogen) atoms. The zero-order valence-electron chi connectivity index (χ0n) is 13.6. The molecule has 0 aromatic heterocycles. The summed E-state index contributed by atoms with van der Waals surface area (Å²) in [6.07, 6.45) is 5.45. The molecule has 1 aliphatic carbocycles. The first kappa shape index (κ1) is 15.3. The van der Waals surface area contributed by atoms with Crippen LogP contribution in [0, 0.1) is 5.41 Å². The molecule has 1 aliphatic heterocycles. The van der Waals surface area contributed by atoms with Gasteiger partial charge >= 0.3 is 0 Å². The van der Waals surface area contributed by atoms with E-state index in [1.165, 1.54) is 38.8 Å². The number of nitrogens with one attached hydrogen (secondary N) is 1. The Kier molecular flexibility index (Phi) is 4.91. The average molecular weight is 267 g/mol. The van der Waals surface area contributed by atoms with Gasteiger partial charge in [0.25, 0.3) is 0 Å². The highest BCUT2D eigenvalue weighted by Gasteiger charge is 2.44. The topological polar surface area (TPSA) is 18.5 Å². The third-order valence-electron chi connectivity index (χ3n) is 5.36. The number of hydrogen-bond acceptors (Lipinski definition) is 3. The van der Waals surface area contributed by atoms with E-state index in [9.17, 15) is 0 Å².